The highest BCUT2D eigenvalue weighted by Crippen LogP contribution is 2.28. The minimum atomic E-state index is -0.819. The van der Waals surface area contributed by atoms with Crippen molar-refractivity contribution in [2.75, 3.05) is 13.1 Å². The van der Waals surface area contributed by atoms with Gasteiger partial charge >= 0.3 is 0 Å². The number of rotatable bonds is 7. The zero-order valence-electron chi connectivity index (χ0n) is 11.4. The Morgan fingerprint density at radius 2 is 2.05 bits per heavy atom. The molecule has 0 spiro atoms. The molecular formula is C15H22F2N2. The van der Waals surface area contributed by atoms with Crippen LogP contribution in [0, 0.1) is 11.6 Å². The molecule has 1 atom stereocenters. The Hall–Kier alpha value is -1.00. The van der Waals surface area contributed by atoms with E-state index in [0.717, 1.165) is 25.6 Å². The van der Waals surface area contributed by atoms with E-state index < -0.39 is 17.7 Å². The van der Waals surface area contributed by atoms with Crippen molar-refractivity contribution >= 4 is 0 Å². The maximum absolute atomic E-state index is 13.6. The molecule has 1 aromatic rings. The first-order chi connectivity index (χ1) is 9.13. The summed E-state index contributed by atoms with van der Waals surface area (Å²) in [7, 11) is 0. The van der Waals surface area contributed by atoms with Crippen LogP contribution in [0.5, 0.6) is 0 Å². The van der Waals surface area contributed by atoms with Crippen LogP contribution >= 0.6 is 0 Å². The second-order valence-electron chi connectivity index (χ2n) is 5.31. The van der Waals surface area contributed by atoms with Gasteiger partial charge in [-0.05, 0) is 38.3 Å². The summed E-state index contributed by atoms with van der Waals surface area (Å²) in [5, 5.41) is 0. The van der Waals surface area contributed by atoms with E-state index in [1.807, 2.05) is 0 Å². The minimum Gasteiger partial charge on any atom is -0.324 e. The van der Waals surface area contributed by atoms with Gasteiger partial charge in [0.1, 0.15) is 0 Å². The summed E-state index contributed by atoms with van der Waals surface area (Å²) in [6.45, 7) is 4.07. The van der Waals surface area contributed by atoms with E-state index >= 15 is 0 Å². The zero-order valence-corrected chi connectivity index (χ0v) is 11.4. The summed E-state index contributed by atoms with van der Waals surface area (Å²) in [5.74, 6) is -1.62. The highest BCUT2D eigenvalue weighted by molar-refractivity contribution is 5.22. The van der Waals surface area contributed by atoms with Gasteiger partial charge in [0.05, 0.1) is 0 Å². The van der Waals surface area contributed by atoms with Crippen LogP contribution in [0.1, 0.15) is 44.2 Å². The molecule has 0 amide bonds. The Morgan fingerprint density at radius 1 is 1.32 bits per heavy atom. The van der Waals surface area contributed by atoms with Gasteiger partial charge in [-0.3, -0.25) is 0 Å². The fourth-order valence-corrected chi connectivity index (χ4v) is 2.47. The van der Waals surface area contributed by atoms with Gasteiger partial charge in [0.2, 0.25) is 0 Å². The summed E-state index contributed by atoms with van der Waals surface area (Å²) in [4.78, 5) is 2.41. The molecule has 0 aliphatic heterocycles. The van der Waals surface area contributed by atoms with E-state index in [4.69, 9.17) is 5.73 Å². The molecule has 19 heavy (non-hydrogen) atoms. The van der Waals surface area contributed by atoms with Gasteiger partial charge in [0.15, 0.2) is 11.6 Å². The van der Waals surface area contributed by atoms with Crippen LogP contribution in [0.15, 0.2) is 18.2 Å². The molecule has 2 nitrogen and oxygen atoms in total. The number of hydrogen-bond acceptors (Lipinski definition) is 2. The van der Waals surface area contributed by atoms with Crippen molar-refractivity contribution in [3.8, 4) is 0 Å². The summed E-state index contributed by atoms with van der Waals surface area (Å²) in [6, 6.07) is 4.46. The zero-order chi connectivity index (χ0) is 13.8. The average molecular weight is 268 g/mol. The molecule has 1 aliphatic carbocycles. The fraction of sp³-hybridized carbons (Fsp3) is 0.600. The number of nitrogens with zero attached hydrogens (tertiary/aromatic N) is 1. The van der Waals surface area contributed by atoms with Crippen molar-refractivity contribution in [1.82, 2.24) is 4.90 Å². The first kappa shape index (κ1) is 14.4. The Balaban J connectivity index is 1.92. The van der Waals surface area contributed by atoms with Crippen LogP contribution in [0.25, 0.3) is 0 Å². The molecular weight excluding hydrogens is 246 g/mol. The normalized spacial score (nSPS) is 16.9. The lowest BCUT2D eigenvalue weighted by molar-refractivity contribution is 0.253. The van der Waals surface area contributed by atoms with Gasteiger partial charge in [-0.2, -0.15) is 0 Å². The van der Waals surface area contributed by atoms with Crippen molar-refractivity contribution in [2.45, 2.75) is 44.7 Å². The summed E-state index contributed by atoms with van der Waals surface area (Å²) in [5.41, 5.74) is 6.28. The molecule has 2 N–H and O–H groups in total. The van der Waals surface area contributed by atoms with Crippen LogP contribution in [-0.2, 0) is 0 Å². The van der Waals surface area contributed by atoms with E-state index in [1.165, 1.54) is 18.9 Å². The maximum Gasteiger partial charge on any atom is 0.163 e. The maximum atomic E-state index is 13.6. The van der Waals surface area contributed by atoms with Crippen LogP contribution < -0.4 is 5.73 Å². The SMILES string of the molecule is CCCN(CCC(N)c1cccc(F)c1F)C1CC1. The second-order valence-corrected chi connectivity index (χ2v) is 5.31. The number of halogens is 2. The minimum absolute atomic E-state index is 0.284. The largest absolute Gasteiger partial charge is 0.324 e. The van der Waals surface area contributed by atoms with Gasteiger partial charge < -0.3 is 10.6 Å². The lowest BCUT2D eigenvalue weighted by Crippen LogP contribution is -2.30. The van der Waals surface area contributed by atoms with Gasteiger partial charge in [0.25, 0.3) is 0 Å². The Morgan fingerprint density at radius 3 is 2.68 bits per heavy atom. The Bertz CT molecular complexity index is 419. The van der Waals surface area contributed by atoms with E-state index in [0.29, 0.717) is 12.5 Å². The third kappa shape index (κ3) is 3.74. The lowest BCUT2D eigenvalue weighted by atomic mass is 10.0. The van der Waals surface area contributed by atoms with Gasteiger partial charge in [-0.15, -0.1) is 0 Å². The summed E-state index contributed by atoms with van der Waals surface area (Å²) >= 11 is 0. The van der Waals surface area contributed by atoms with Crippen molar-refractivity contribution in [3.63, 3.8) is 0 Å². The van der Waals surface area contributed by atoms with Crippen molar-refractivity contribution in [3.05, 3.63) is 35.4 Å². The smallest absolute Gasteiger partial charge is 0.163 e. The van der Waals surface area contributed by atoms with E-state index in [9.17, 15) is 8.78 Å². The van der Waals surface area contributed by atoms with Crippen molar-refractivity contribution in [2.24, 2.45) is 5.73 Å². The summed E-state index contributed by atoms with van der Waals surface area (Å²) < 4.78 is 26.8. The third-order valence-corrected chi connectivity index (χ3v) is 3.68. The molecule has 1 unspecified atom stereocenters. The average Bonchev–Trinajstić information content (AvgIpc) is 3.21. The molecule has 0 bridgehead atoms. The molecule has 2 rings (SSSR count). The highest BCUT2D eigenvalue weighted by Gasteiger charge is 2.28. The van der Waals surface area contributed by atoms with Crippen LogP contribution in [-0.4, -0.2) is 24.0 Å². The first-order valence-corrected chi connectivity index (χ1v) is 7.07. The van der Waals surface area contributed by atoms with Gasteiger partial charge in [-0.1, -0.05) is 19.1 Å². The van der Waals surface area contributed by atoms with E-state index in [-0.39, 0.29) is 5.56 Å². The van der Waals surface area contributed by atoms with Crippen LogP contribution in [0.3, 0.4) is 0 Å². The molecule has 0 aromatic heterocycles. The standard InChI is InChI=1S/C15H22F2N2/c1-2-9-19(11-6-7-11)10-8-14(18)12-4-3-5-13(16)15(12)17/h3-5,11,14H,2,6-10,18H2,1H3. The lowest BCUT2D eigenvalue weighted by Gasteiger charge is -2.23. The Kier molecular flexibility index (Phi) is 4.88. The van der Waals surface area contributed by atoms with Crippen LogP contribution in [0.2, 0.25) is 0 Å². The van der Waals surface area contributed by atoms with Crippen LogP contribution in [0.4, 0.5) is 8.78 Å². The molecule has 1 saturated carbocycles. The quantitative estimate of drug-likeness (QED) is 0.822. The predicted molar refractivity (Wildman–Crippen MR) is 72.8 cm³/mol. The molecule has 1 aromatic carbocycles. The number of nitrogens with two attached hydrogens (primary N) is 1. The molecule has 1 fully saturated rings. The van der Waals surface area contributed by atoms with E-state index in [2.05, 4.69) is 11.8 Å². The topological polar surface area (TPSA) is 29.3 Å². The number of hydrogen-bond donors (Lipinski definition) is 1. The fourth-order valence-electron chi connectivity index (χ4n) is 2.47. The second kappa shape index (κ2) is 6.44. The summed E-state index contributed by atoms with van der Waals surface area (Å²) in [6.07, 6.45) is 4.28. The molecule has 106 valence electrons. The first-order valence-electron chi connectivity index (χ1n) is 7.07. The Labute approximate surface area is 113 Å². The number of benzene rings is 1. The van der Waals surface area contributed by atoms with Crippen molar-refractivity contribution < 1.29 is 8.78 Å². The predicted octanol–water partition coefficient (Wildman–Crippen LogP) is 3.23. The van der Waals surface area contributed by atoms with Gasteiger partial charge in [-0.25, -0.2) is 8.78 Å². The van der Waals surface area contributed by atoms with Gasteiger partial charge in [0, 0.05) is 24.2 Å². The highest BCUT2D eigenvalue weighted by atomic mass is 19.2. The molecule has 4 heteroatoms. The van der Waals surface area contributed by atoms with E-state index in [1.54, 1.807) is 6.07 Å². The molecule has 0 radical (unpaired) electrons. The molecule has 0 heterocycles. The molecule has 0 saturated heterocycles. The van der Waals surface area contributed by atoms with Crippen molar-refractivity contribution in [1.29, 1.82) is 0 Å². The molecule has 1 aliphatic rings. The monoisotopic (exact) mass is 268 g/mol. The third-order valence-electron chi connectivity index (χ3n) is 3.68.